The molecule has 2 aromatic carbocycles. The van der Waals surface area contributed by atoms with Crippen molar-refractivity contribution in [1.29, 1.82) is 0 Å². The van der Waals surface area contributed by atoms with Crippen LogP contribution in [0, 0.1) is 17.5 Å². The number of nitrogens with one attached hydrogen (secondary N) is 1. The Bertz CT molecular complexity index is 619. The van der Waals surface area contributed by atoms with E-state index in [0.29, 0.717) is 10.9 Å². The fraction of sp³-hybridized carbons (Fsp3) is 0.143. The standard InChI is InChI=1S/C14H12BrF3N2/c15-12-6-9(16)2-1-8(12)5-14(20-19)11-4-3-10(17)7-13(11)18/h1-4,6-7,14,20H,5,19H2. The van der Waals surface area contributed by atoms with E-state index < -0.39 is 17.7 Å². The monoisotopic (exact) mass is 344 g/mol. The molecule has 0 aliphatic carbocycles. The fourth-order valence-corrected chi connectivity index (χ4v) is 2.46. The Kier molecular flexibility index (Phi) is 4.80. The number of halogens is 4. The first-order valence-electron chi connectivity index (χ1n) is 5.86. The Morgan fingerprint density at radius 1 is 1.05 bits per heavy atom. The first kappa shape index (κ1) is 15.0. The lowest BCUT2D eigenvalue weighted by molar-refractivity contribution is 0.501. The van der Waals surface area contributed by atoms with Crippen LogP contribution in [-0.4, -0.2) is 0 Å². The SMILES string of the molecule is NNC(Cc1ccc(F)cc1Br)c1ccc(F)cc1F. The van der Waals surface area contributed by atoms with Crippen molar-refractivity contribution in [3.05, 3.63) is 69.4 Å². The van der Waals surface area contributed by atoms with Gasteiger partial charge in [-0.05, 0) is 30.2 Å². The Morgan fingerprint density at radius 2 is 1.70 bits per heavy atom. The maximum Gasteiger partial charge on any atom is 0.130 e. The second-order valence-corrected chi connectivity index (χ2v) is 5.18. The van der Waals surface area contributed by atoms with Crippen LogP contribution in [0.3, 0.4) is 0 Å². The lowest BCUT2D eigenvalue weighted by Crippen LogP contribution is -2.30. The van der Waals surface area contributed by atoms with Gasteiger partial charge in [0.05, 0.1) is 6.04 Å². The molecular weight excluding hydrogens is 333 g/mol. The van der Waals surface area contributed by atoms with Gasteiger partial charge >= 0.3 is 0 Å². The third-order valence-electron chi connectivity index (χ3n) is 2.98. The lowest BCUT2D eigenvalue weighted by atomic mass is 9.99. The first-order valence-corrected chi connectivity index (χ1v) is 6.65. The molecule has 3 N–H and O–H groups in total. The van der Waals surface area contributed by atoms with Crippen molar-refractivity contribution < 1.29 is 13.2 Å². The molecule has 0 heterocycles. The Balaban J connectivity index is 2.28. The first-order chi connectivity index (χ1) is 9.51. The van der Waals surface area contributed by atoms with Gasteiger partial charge in [0.1, 0.15) is 17.5 Å². The molecule has 0 aromatic heterocycles. The van der Waals surface area contributed by atoms with Crippen molar-refractivity contribution in [2.75, 3.05) is 0 Å². The fourth-order valence-electron chi connectivity index (χ4n) is 1.95. The van der Waals surface area contributed by atoms with Gasteiger partial charge in [0.2, 0.25) is 0 Å². The minimum absolute atomic E-state index is 0.255. The van der Waals surface area contributed by atoms with Crippen LogP contribution >= 0.6 is 15.9 Å². The molecule has 2 rings (SSSR count). The van der Waals surface area contributed by atoms with Crippen LogP contribution in [-0.2, 0) is 6.42 Å². The lowest BCUT2D eigenvalue weighted by Gasteiger charge is -2.18. The Morgan fingerprint density at radius 3 is 2.30 bits per heavy atom. The number of hydrazine groups is 1. The van der Waals surface area contributed by atoms with Crippen LogP contribution in [0.5, 0.6) is 0 Å². The highest BCUT2D eigenvalue weighted by molar-refractivity contribution is 9.10. The second-order valence-electron chi connectivity index (χ2n) is 4.32. The van der Waals surface area contributed by atoms with Crippen LogP contribution in [0.2, 0.25) is 0 Å². The molecular formula is C14H12BrF3N2. The van der Waals surface area contributed by atoms with Crippen LogP contribution in [0.25, 0.3) is 0 Å². The zero-order valence-corrected chi connectivity index (χ0v) is 11.9. The highest BCUT2D eigenvalue weighted by Gasteiger charge is 2.17. The Hall–Kier alpha value is -1.37. The van der Waals surface area contributed by atoms with Crippen molar-refractivity contribution in [1.82, 2.24) is 5.43 Å². The molecule has 2 aromatic rings. The van der Waals surface area contributed by atoms with E-state index in [1.165, 1.54) is 24.3 Å². The van der Waals surface area contributed by atoms with Crippen LogP contribution in [0.1, 0.15) is 17.2 Å². The Labute approximate surface area is 122 Å². The van der Waals surface area contributed by atoms with Gasteiger partial charge in [-0.3, -0.25) is 11.3 Å². The molecule has 0 bridgehead atoms. The zero-order chi connectivity index (χ0) is 14.7. The maximum atomic E-state index is 13.7. The summed E-state index contributed by atoms with van der Waals surface area (Å²) in [5.74, 6) is 3.75. The summed E-state index contributed by atoms with van der Waals surface area (Å²) in [5.41, 5.74) is 3.51. The summed E-state index contributed by atoms with van der Waals surface area (Å²) in [4.78, 5) is 0. The second kappa shape index (κ2) is 6.39. The molecule has 0 spiro atoms. The summed E-state index contributed by atoms with van der Waals surface area (Å²) < 4.78 is 40.3. The van der Waals surface area contributed by atoms with Crippen molar-refractivity contribution in [2.24, 2.45) is 5.84 Å². The molecule has 0 aliphatic heterocycles. The van der Waals surface area contributed by atoms with Crippen molar-refractivity contribution in [3.63, 3.8) is 0 Å². The maximum absolute atomic E-state index is 13.7. The molecule has 0 saturated carbocycles. The molecule has 106 valence electrons. The highest BCUT2D eigenvalue weighted by atomic mass is 79.9. The van der Waals surface area contributed by atoms with Gasteiger partial charge in [-0.1, -0.05) is 28.1 Å². The van der Waals surface area contributed by atoms with Crippen LogP contribution < -0.4 is 11.3 Å². The highest BCUT2D eigenvalue weighted by Crippen LogP contribution is 2.26. The van der Waals surface area contributed by atoms with Gasteiger partial charge in [-0.2, -0.15) is 0 Å². The summed E-state index contributed by atoms with van der Waals surface area (Å²) in [5, 5.41) is 0. The third-order valence-corrected chi connectivity index (χ3v) is 3.72. The van der Waals surface area contributed by atoms with Crippen molar-refractivity contribution >= 4 is 15.9 Å². The molecule has 0 aliphatic rings. The van der Waals surface area contributed by atoms with E-state index in [1.807, 2.05) is 0 Å². The number of hydrogen-bond donors (Lipinski definition) is 2. The van der Waals surface area contributed by atoms with Crippen molar-refractivity contribution in [3.8, 4) is 0 Å². The van der Waals surface area contributed by atoms with Gasteiger partial charge in [0.15, 0.2) is 0 Å². The summed E-state index contributed by atoms with van der Waals surface area (Å²) in [6.07, 6.45) is 0.333. The molecule has 20 heavy (non-hydrogen) atoms. The van der Waals surface area contributed by atoms with E-state index in [0.717, 1.165) is 11.6 Å². The molecule has 0 saturated heterocycles. The van der Waals surface area contributed by atoms with Gasteiger partial charge in [-0.15, -0.1) is 0 Å². The third kappa shape index (κ3) is 3.39. The molecule has 1 atom stereocenters. The molecule has 2 nitrogen and oxygen atoms in total. The molecule has 0 fully saturated rings. The minimum Gasteiger partial charge on any atom is -0.271 e. The van der Waals surface area contributed by atoms with E-state index in [1.54, 1.807) is 6.07 Å². The largest absolute Gasteiger partial charge is 0.271 e. The molecule has 0 amide bonds. The quantitative estimate of drug-likeness (QED) is 0.656. The number of nitrogens with two attached hydrogens (primary N) is 1. The molecule has 1 unspecified atom stereocenters. The average Bonchev–Trinajstić information content (AvgIpc) is 2.39. The topological polar surface area (TPSA) is 38.0 Å². The van der Waals surface area contributed by atoms with E-state index in [-0.39, 0.29) is 11.4 Å². The number of hydrogen-bond acceptors (Lipinski definition) is 2. The number of rotatable bonds is 4. The van der Waals surface area contributed by atoms with Gasteiger partial charge in [-0.25, -0.2) is 13.2 Å². The van der Waals surface area contributed by atoms with Crippen molar-refractivity contribution in [2.45, 2.75) is 12.5 Å². The summed E-state index contributed by atoms with van der Waals surface area (Å²) in [6.45, 7) is 0. The van der Waals surface area contributed by atoms with E-state index in [9.17, 15) is 13.2 Å². The number of benzene rings is 2. The summed E-state index contributed by atoms with van der Waals surface area (Å²) in [6, 6.07) is 7.00. The smallest absolute Gasteiger partial charge is 0.130 e. The van der Waals surface area contributed by atoms with E-state index in [2.05, 4.69) is 21.4 Å². The minimum atomic E-state index is -0.675. The zero-order valence-electron chi connectivity index (χ0n) is 10.3. The average molecular weight is 345 g/mol. The predicted molar refractivity (Wildman–Crippen MR) is 74.2 cm³/mol. The van der Waals surface area contributed by atoms with Crippen LogP contribution in [0.4, 0.5) is 13.2 Å². The predicted octanol–water partition coefficient (Wildman–Crippen LogP) is 3.61. The van der Waals surface area contributed by atoms with Crippen LogP contribution in [0.15, 0.2) is 40.9 Å². The molecule has 6 heteroatoms. The van der Waals surface area contributed by atoms with Gasteiger partial charge < -0.3 is 0 Å². The van der Waals surface area contributed by atoms with Gasteiger partial charge in [0, 0.05) is 16.1 Å². The normalized spacial score (nSPS) is 12.4. The summed E-state index contributed by atoms with van der Waals surface area (Å²) >= 11 is 3.25. The van der Waals surface area contributed by atoms with E-state index >= 15 is 0 Å². The van der Waals surface area contributed by atoms with Gasteiger partial charge in [0.25, 0.3) is 0 Å². The van der Waals surface area contributed by atoms with E-state index in [4.69, 9.17) is 5.84 Å². The molecule has 0 radical (unpaired) electrons. The summed E-state index contributed by atoms with van der Waals surface area (Å²) in [7, 11) is 0.